The maximum absolute atomic E-state index is 11.4. The molecule has 0 aliphatic heterocycles. The predicted molar refractivity (Wildman–Crippen MR) is 57.6 cm³/mol. The molecule has 1 rings (SSSR count). The van der Waals surface area contributed by atoms with Crippen LogP contribution in [0.4, 0.5) is 0 Å². The lowest BCUT2D eigenvalue weighted by atomic mass is 10.2. The van der Waals surface area contributed by atoms with Crippen molar-refractivity contribution in [1.82, 2.24) is 5.48 Å². The Hall–Kier alpha value is -0.580. The molecule has 0 spiro atoms. The Balaban J connectivity index is 2.52. The van der Waals surface area contributed by atoms with E-state index in [9.17, 15) is 4.79 Å². The first-order valence-corrected chi connectivity index (χ1v) is 5.36. The number of hydrogen-bond acceptors (Lipinski definition) is 3. The van der Waals surface area contributed by atoms with Crippen molar-refractivity contribution in [3.05, 3.63) is 21.3 Å². The number of halogens is 1. The second-order valence-corrected chi connectivity index (χ2v) is 5.33. The lowest BCUT2D eigenvalue weighted by Crippen LogP contribution is -2.33. The van der Waals surface area contributed by atoms with E-state index < -0.39 is 5.60 Å². The lowest BCUT2D eigenvalue weighted by Gasteiger charge is -2.18. The molecule has 0 fully saturated rings. The topological polar surface area (TPSA) is 38.3 Å². The molecular weight excluding hydrogens is 222 g/mol. The smallest absolute Gasteiger partial charge is 0.268 e. The van der Waals surface area contributed by atoms with Crippen molar-refractivity contribution >= 4 is 28.8 Å². The highest BCUT2D eigenvalue weighted by atomic mass is 35.5. The van der Waals surface area contributed by atoms with Gasteiger partial charge in [0.2, 0.25) is 0 Å². The first-order valence-electron chi connectivity index (χ1n) is 4.11. The van der Waals surface area contributed by atoms with Gasteiger partial charge in [-0.3, -0.25) is 9.63 Å². The molecule has 0 bridgehead atoms. The Labute approximate surface area is 92.0 Å². The summed E-state index contributed by atoms with van der Waals surface area (Å²) in [5.41, 5.74) is 2.49. The van der Waals surface area contributed by atoms with Crippen LogP contribution in [0.15, 0.2) is 11.4 Å². The van der Waals surface area contributed by atoms with E-state index in [0.29, 0.717) is 9.90 Å². The van der Waals surface area contributed by atoms with Gasteiger partial charge in [-0.2, -0.15) is 0 Å². The third-order valence-electron chi connectivity index (χ3n) is 1.28. The van der Waals surface area contributed by atoms with Crippen LogP contribution < -0.4 is 5.48 Å². The summed E-state index contributed by atoms with van der Waals surface area (Å²) in [6, 6.07) is 1.60. The van der Waals surface area contributed by atoms with Crippen LogP contribution >= 0.6 is 22.9 Å². The molecule has 1 N–H and O–H groups in total. The largest absolute Gasteiger partial charge is 0.275 e. The molecule has 1 heterocycles. The first kappa shape index (κ1) is 11.5. The number of thiophene rings is 1. The van der Waals surface area contributed by atoms with Gasteiger partial charge >= 0.3 is 0 Å². The van der Waals surface area contributed by atoms with E-state index in [4.69, 9.17) is 16.4 Å². The first-order chi connectivity index (χ1) is 6.38. The third kappa shape index (κ3) is 3.65. The van der Waals surface area contributed by atoms with Gasteiger partial charge in [0.15, 0.2) is 0 Å². The number of rotatable bonds is 2. The number of hydroxylamine groups is 1. The van der Waals surface area contributed by atoms with Gasteiger partial charge in [0.1, 0.15) is 0 Å². The van der Waals surface area contributed by atoms with Crippen molar-refractivity contribution in [2.45, 2.75) is 26.4 Å². The minimum atomic E-state index is -0.393. The molecule has 1 aromatic heterocycles. The van der Waals surface area contributed by atoms with E-state index in [1.54, 1.807) is 11.4 Å². The van der Waals surface area contributed by atoms with Crippen molar-refractivity contribution in [3.8, 4) is 0 Å². The number of carbonyl (C=O) groups is 1. The summed E-state index contributed by atoms with van der Waals surface area (Å²) in [7, 11) is 0. The molecule has 0 atom stereocenters. The highest BCUT2D eigenvalue weighted by Crippen LogP contribution is 2.19. The zero-order chi connectivity index (χ0) is 10.8. The van der Waals surface area contributed by atoms with E-state index in [-0.39, 0.29) is 5.91 Å². The summed E-state index contributed by atoms with van der Waals surface area (Å²) < 4.78 is 0.589. The molecule has 0 aromatic carbocycles. The van der Waals surface area contributed by atoms with E-state index in [1.165, 1.54) is 11.3 Å². The second-order valence-electron chi connectivity index (χ2n) is 3.79. The quantitative estimate of drug-likeness (QED) is 0.798. The van der Waals surface area contributed by atoms with Crippen LogP contribution in [0.5, 0.6) is 0 Å². The molecule has 78 valence electrons. The number of carbonyl (C=O) groups excluding carboxylic acids is 1. The van der Waals surface area contributed by atoms with E-state index >= 15 is 0 Å². The molecule has 5 heteroatoms. The molecule has 3 nitrogen and oxygen atoms in total. The summed E-state index contributed by atoms with van der Waals surface area (Å²) in [5, 5.41) is 1.68. The summed E-state index contributed by atoms with van der Waals surface area (Å²) in [4.78, 5) is 16.5. The molecule has 1 aromatic rings. The summed E-state index contributed by atoms with van der Waals surface area (Å²) in [6.07, 6.45) is 0. The molecule has 0 radical (unpaired) electrons. The fourth-order valence-electron chi connectivity index (χ4n) is 0.688. The fraction of sp³-hybridized carbons (Fsp3) is 0.444. The average Bonchev–Trinajstić information content (AvgIpc) is 2.46. The Kier molecular flexibility index (Phi) is 3.53. The Morgan fingerprint density at radius 1 is 1.57 bits per heavy atom. The Bertz CT molecular complexity index is 330. The SMILES string of the molecule is CC(C)(C)ONC(=O)c1csc(Cl)c1. The second kappa shape index (κ2) is 4.29. The molecule has 0 aliphatic rings. The van der Waals surface area contributed by atoms with Crippen molar-refractivity contribution in [1.29, 1.82) is 0 Å². The molecule has 0 saturated heterocycles. The van der Waals surface area contributed by atoms with E-state index in [2.05, 4.69) is 5.48 Å². The molecule has 0 aliphatic carbocycles. The van der Waals surface area contributed by atoms with Gasteiger partial charge in [-0.15, -0.1) is 11.3 Å². The highest BCUT2D eigenvalue weighted by molar-refractivity contribution is 7.14. The molecular formula is C9H12ClNO2S. The summed E-state index contributed by atoms with van der Waals surface area (Å²) in [5.74, 6) is -0.275. The van der Waals surface area contributed by atoms with Crippen molar-refractivity contribution in [2.24, 2.45) is 0 Å². The normalized spacial score (nSPS) is 11.4. The maximum Gasteiger partial charge on any atom is 0.275 e. The maximum atomic E-state index is 11.4. The van der Waals surface area contributed by atoms with Crippen LogP contribution in [0.25, 0.3) is 0 Å². The van der Waals surface area contributed by atoms with Crippen LogP contribution in [0.2, 0.25) is 4.34 Å². The van der Waals surface area contributed by atoms with Gasteiger partial charge in [-0.05, 0) is 26.8 Å². The van der Waals surface area contributed by atoms with Crippen molar-refractivity contribution in [2.75, 3.05) is 0 Å². The number of hydrogen-bond donors (Lipinski definition) is 1. The van der Waals surface area contributed by atoms with Gasteiger partial charge in [0.05, 0.1) is 15.5 Å². The predicted octanol–water partition coefficient (Wildman–Crippen LogP) is 2.86. The third-order valence-corrected chi connectivity index (χ3v) is 2.37. The zero-order valence-electron chi connectivity index (χ0n) is 8.26. The minimum Gasteiger partial charge on any atom is -0.268 e. The molecule has 0 saturated carbocycles. The van der Waals surface area contributed by atoms with Gasteiger partial charge in [-0.1, -0.05) is 11.6 Å². The summed E-state index contributed by atoms with van der Waals surface area (Å²) >= 11 is 7.01. The standard InChI is InChI=1S/C9H12ClNO2S/c1-9(2,3)13-11-8(12)6-4-7(10)14-5-6/h4-5H,1-3H3,(H,11,12). The molecule has 1 amide bonds. The van der Waals surface area contributed by atoms with Crippen LogP contribution in [0, 0.1) is 0 Å². The number of amides is 1. The van der Waals surface area contributed by atoms with Crippen LogP contribution in [0.1, 0.15) is 31.1 Å². The molecule has 14 heavy (non-hydrogen) atoms. The van der Waals surface area contributed by atoms with Gasteiger partial charge < -0.3 is 0 Å². The van der Waals surface area contributed by atoms with E-state index in [1.807, 2.05) is 20.8 Å². The average molecular weight is 234 g/mol. The lowest BCUT2D eigenvalue weighted by molar-refractivity contribution is -0.0589. The minimum absolute atomic E-state index is 0.275. The van der Waals surface area contributed by atoms with Gasteiger partial charge in [-0.25, -0.2) is 5.48 Å². The van der Waals surface area contributed by atoms with Crippen LogP contribution in [-0.4, -0.2) is 11.5 Å². The fourth-order valence-corrected chi connectivity index (χ4v) is 1.55. The van der Waals surface area contributed by atoms with E-state index in [0.717, 1.165) is 0 Å². The van der Waals surface area contributed by atoms with Crippen molar-refractivity contribution in [3.63, 3.8) is 0 Å². The molecule has 0 unspecified atom stereocenters. The van der Waals surface area contributed by atoms with Crippen LogP contribution in [-0.2, 0) is 4.84 Å². The van der Waals surface area contributed by atoms with Gasteiger partial charge in [0, 0.05) is 5.38 Å². The van der Waals surface area contributed by atoms with Crippen molar-refractivity contribution < 1.29 is 9.63 Å². The monoisotopic (exact) mass is 233 g/mol. The van der Waals surface area contributed by atoms with Gasteiger partial charge in [0.25, 0.3) is 5.91 Å². The Morgan fingerprint density at radius 3 is 2.64 bits per heavy atom. The summed E-state index contributed by atoms with van der Waals surface area (Å²) in [6.45, 7) is 5.57. The van der Waals surface area contributed by atoms with Crippen LogP contribution in [0.3, 0.4) is 0 Å². The number of nitrogens with one attached hydrogen (secondary N) is 1. The zero-order valence-corrected chi connectivity index (χ0v) is 9.83. The highest BCUT2D eigenvalue weighted by Gasteiger charge is 2.14. The Morgan fingerprint density at radius 2 is 2.21 bits per heavy atom.